The minimum Gasteiger partial charge on any atom is -0.398 e. The van der Waals surface area contributed by atoms with Gasteiger partial charge in [0.15, 0.2) is 0 Å². The average Bonchev–Trinajstić information content (AvgIpc) is 3.31. The quantitative estimate of drug-likeness (QED) is 0.0823. The first-order chi connectivity index (χ1) is 22.3. The van der Waals surface area contributed by atoms with E-state index in [0.29, 0.717) is 0 Å². The molecule has 0 unspecified atom stereocenters. The van der Waals surface area contributed by atoms with Crippen molar-refractivity contribution in [3.05, 3.63) is 156 Å². The molecule has 2 heteroatoms. The Kier molecular flexibility index (Phi) is 6.67. The lowest BCUT2D eigenvalue weighted by molar-refractivity contribution is 0.661. The molecule has 222 valence electrons. The second-order valence-corrected chi connectivity index (χ2v) is 13.4. The maximum atomic E-state index is 5.44. The molecule has 0 fully saturated rings. The Bertz CT molecular complexity index is 2470. The van der Waals surface area contributed by atoms with Gasteiger partial charge in [0.25, 0.3) is 0 Å². The fourth-order valence-corrected chi connectivity index (χ4v) is 7.78. The van der Waals surface area contributed by atoms with Gasteiger partial charge in [-0.25, -0.2) is 0 Å². The molecule has 8 aromatic carbocycles. The zero-order valence-electron chi connectivity index (χ0n) is 26.3. The second-order valence-electron chi connectivity index (χ2n) is 12.9. The molecule has 46 heavy (non-hydrogen) atoms. The molecule has 0 aromatic heterocycles. The monoisotopic (exact) mass is 609 g/mol. The molecule has 1 aliphatic carbocycles. The van der Waals surface area contributed by atoms with E-state index in [4.69, 9.17) is 5.73 Å². The molecule has 1 nitrogen and oxygen atoms in total. The smallest absolute Gasteiger partial charge is 0.0449 e. The summed E-state index contributed by atoms with van der Waals surface area (Å²) in [6.07, 6.45) is 0. The van der Waals surface area contributed by atoms with Crippen molar-refractivity contribution in [1.29, 1.82) is 0 Å². The lowest BCUT2D eigenvalue weighted by atomic mass is 9.80. The first-order valence-electron chi connectivity index (χ1n) is 15.9. The van der Waals surface area contributed by atoms with Crippen LogP contribution in [0.5, 0.6) is 0 Å². The minimum atomic E-state index is -0.0393. The molecule has 0 radical (unpaired) electrons. The summed E-state index contributed by atoms with van der Waals surface area (Å²) < 4.78 is 0. The van der Waals surface area contributed by atoms with Crippen molar-refractivity contribution >= 4 is 61.4 Å². The Hall–Kier alpha value is -5.05. The molecule has 0 spiro atoms. The van der Waals surface area contributed by atoms with Gasteiger partial charge in [0.2, 0.25) is 0 Å². The molecule has 0 saturated carbocycles. The normalized spacial score (nSPS) is 13.0. The van der Waals surface area contributed by atoms with Crippen LogP contribution in [-0.2, 0) is 5.41 Å². The summed E-state index contributed by atoms with van der Waals surface area (Å²) in [5.41, 5.74) is 15.8. The van der Waals surface area contributed by atoms with E-state index in [9.17, 15) is 0 Å². The average molecular weight is 610 g/mol. The zero-order valence-corrected chi connectivity index (χ0v) is 27.2. The van der Waals surface area contributed by atoms with Crippen LogP contribution >= 0.6 is 12.6 Å². The number of hydrogen-bond acceptors (Lipinski definition) is 2. The van der Waals surface area contributed by atoms with Gasteiger partial charge >= 0.3 is 0 Å². The Balaban J connectivity index is 0.000000344. The van der Waals surface area contributed by atoms with E-state index in [0.717, 1.165) is 10.6 Å². The van der Waals surface area contributed by atoms with Crippen LogP contribution in [0.3, 0.4) is 0 Å². The van der Waals surface area contributed by atoms with E-state index in [-0.39, 0.29) is 5.41 Å². The summed E-state index contributed by atoms with van der Waals surface area (Å²) in [6.45, 7) is 7.05. The maximum Gasteiger partial charge on any atom is 0.0449 e. The Morgan fingerprint density at radius 3 is 1.83 bits per heavy atom. The molecule has 0 bridgehead atoms. The molecule has 0 amide bonds. The Morgan fingerprint density at radius 2 is 1.09 bits per heavy atom. The lowest BCUT2D eigenvalue weighted by Crippen LogP contribution is -2.14. The van der Waals surface area contributed by atoms with E-state index in [2.05, 4.69) is 149 Å². The number of nitrogens with two attached hydrogens (primary N) is 1. The van der Waals surface area contributed by atoms with Crippen LogP contribution in [0.2, 0.25) is 0 Å². The van der Waals surface area contributed by atoms with Gasteiger partial charge in [-0.2, -0.15) is 0 Å². The number of thiol groups is 1. The number of hydrogen-bond donors (Lipinski definition) is 2. The summed E-state index contributed by atoms with van der Waals surface area (Å²) >= 11 is 4.07. The number of fused-ring (bicyclic) bond motifs is 8. The molecule has 0 aliphatic heterocycles. The van der Waals surface area contributed by atoms with Gasteiger partial charge in [0, 0.05) is 16.0 Å². The largest absolute Gasteiger partial charge is 0.398 e. The molecule has 0 saturated heterocycles. The van der Waals surface area contributed by atoms with Crippen molar-refractivity contribution in [3.8, 4) is 22.3 Å². The van der Waals surface area contributed by atoms with Crippen molar-refractivity contribution in [2.24, 2.45) is 0 Å². The van der Waals surface area contributed by atoms with Crippen LogP contribution in [0.15, 0.2) is 144 Å². The van der Waals surface area contributed by atoms with Gasteiger partial charge in [0.1, 0.15) is 0 Å². The van der Waals surface area contributed by atoms with Crippen LogP contribution in [0, 0.1) is 6.92 Å². The van der Waals surface area contributed by atoms with Gasteiger partial charge in [-0.3, -0.25) is 0 Å². The lowest BCUT2D eigenvalue weighted by Gasteiger charge is -2.23. The van der Waals surface area contributed by atoms with E-state index >= 15 is 0 Å². The van der Waals surface area contributed by atoms with Crippen molar-refractivity contribution in [2.75, 3.05) is 5.73 Å². The van der Waals surface area contributed by atoms with Gasteiger partial charge in [-0.15, -0.1) is 12.6 Å². The summed E-state index contributed by atoms with van der Waals surface area (Å²) in [5, 5.41) is 10.6. The van der Waals surface area contributed by atoms with Gasteiger partial charge in [0.05, 0.1) is 0 Å². The van der Waals surface area contributed by atoms with Crippen LogP contribution < -0.4 is 5.73 Å². The highest BCUT2D eigenvalue weighted by molar-refractivity contribution is 7.80. The van der Waals surface area contributed by atoms with E-state index < -0.39 is 0 Å². The molecular formula is C44H35NS. The van der Waals surface area contributed by atoms with Gasteiger partial charge < -0.3 is 5.73 Å². The number of rotatable bonds is 1. The summed E-state index contributed by atoms with van der Waals surface area (Å²) in [5.74, 6) is 0. The number of benzene rings is 8. The third-order valence-corrected chi connectivity index (χ3v) is 10.4. The Morgan fingerprint density at radius 1 is 0.478 bits per heavy atom. The first-order valence-corrected chi connectivity index (χ1v) is 16.3. The van der Waals surface area contributed by atoms with Crippen LogP contribution in [0.25, 0.3) is 65.3 Å². The molecule has 1 aliphatic rings. The van der Waals surface area contributed by atoms with Crippen molar-refractivity contribution in [1.82, 2.24) is 0 Å². The number of nitrogen functional groups attached to an aromatic ring is 1. The predicted molar refractivity (Wildman–Crippen MR) is 202 cm³/mol. The number of para-hydroxylation sites is 1. The van der Waals surface area contributed by atoms with E-state index in [1.807, 2.05) is 24.3 Å². The summed E-state index contributed by atoms with van der Waals surface area (Å²) in [7, 11) is 0. The first kappa shape index (κ1) is 28.4. The fraction of sp³-hybridized carbons (Fsp3) is 0.0909. The van der Waals surface area contributed by atoms with Gasteiger partial charge in [-0.05, 0) is 119 Å². The third-order valence-electron chi connectivity index (χ3n) is 9.97. The van der Waals surface area contributed by atoms with Gasteiger partial charge in [-0.1, -0.05) is 123 Å². The molecule has 0 atom stereocenters. The van der Waals surface area contributed by atoms with Crippen LogP contribution in [0.4, 0.5) is 5.69 Å². The highest BCUT2D eigenvalue weighted by atomic mass is 32.1. The number of anilines is 1. The van der Waals surface area contributed by atoms with E-state index in [1.165, 1.54) is 82.0 Å². The number of aryl methyl sites for hydroxylation is 1. The highest BCUT2D eigenvalue weighted by Gasteiger charge is 2.36. The topological polar surface area (TPSA) is 26.0 Å². The van der Waals surface area contributed by atoms with Crippen LogP contribution in [0.1, 0.15) is 30.5 Å². The van der Waals surface area contributed by atoms with Crippen molar-refractivity contribution in [2.45, 2.75) is 31.1 Å². The van der Waals surface area contributed by atoms with Crippen molar-refractivity contribution in [3.63, 3.8) is 0 Å². The molecule has 2 N–H and O–H groups in total. The molecule has 9 rings (SSSR count). The maximum absolute atomic E-state index is 5.44. The SMILES string of the molecule is Cc1c2ccccc2c(-c2cc3ccccc3c3ccccc23)c2cc3c(cc12)-c1ccccc1C3(C)C.Nc1ccccc1S. The standard InChI is InChI=1S/C38H28.C6H7NS/c1-23-25-13-6-9-18-30(25)37(33-20-24-12-4-5-14-26(24)27-15-7-8-16-28(27)33)34-22-36-32(21-31(23)34)29-17-10-11-19-35(29)38(36,2)3;7-5-3-1-2-4-6(5)8/h4-22H,1-3H3;1-4,8H,7H2. The second kappa shape index (κ2) is 10.8. The molecule has 8 aromatic rings. The zero-order chi connectivity index (χ0) is 31.6. The fourth-order valence-electron chi connectivity index (χ4n) is 7.62. The Labute approximate surface area is 275 Å². The highest BCUT2D eigenvalue weighted by Crippen LogP contribution is 2.52. The minimum absolute atomic E-state index is 0.0393. The van der Waals surface area contributed by atoms with Crippen LogP contribution in [-0.4, -0.2) is 0 Å². The molecule has 0 heterocycles. The molecular weight excluding hydrogens is 575 g/mol. The predicted octanol–water partition coefficient (Wildman–Crippen LogP) is 12.1. The van der Waals surface area contributed by atoms with Crippen molar-refractivity contribution < 1.29 is 0 Å². The summed E-state index contributed by atoms with van der Waals surface area (Å²) in [4.78, 5) is 0.840. The summed E-state index contributed by atoms with van der Waals surface area (Å²) in [6, 6.07) is 50.5. The third kappa shape index (κ3) is 4.32. The van der Waals surface area contributed by atoms with E-state index in [1.54, 1.807) is 0 Å².